The Bertz CT molecular complexity index is 1300. The van der Waals surface area contributed by atoms with Crippen molar-refractivity contribution in [3.05, 3.63) is 86.2 Å². The fourth-order valence-corrected chi connectivity index (χ4v) is 5.25. The van der Waals surface area contributed by atoms with E-state index in [1.807, 2.05) is 24.3 Å². The highest BCUT2D eigenvalue weighted by Gasteiger charge is 2.55. The largest absolute Gasteiger partial charge is 0.497 e. The average molecular weight is 453 g/mol. The van der Waals surface area contributed by atoms with Crippen LogP contribution in [0.4, 0.5) is 0 Å². The lowest BCUT2D eigenvalue weighted by atomic mass is 9.81. The van der Waals surface area contributed by atoms with Gasteiger partial charge in [0.25, 0.3) is 5.56 Å². The molecule has 2 aliphatic rings. The van der Waals surface area contributed by atoms with Gasteiger partial charge in [0, 0.05) is 5.57 Å². The first-order valence-corrected chi connectivity index (χ1v) is 11.0. The van der Waals surface area contributed by atoms with E-state index < -0.39 is 23.7 Å². The van der Waals surface area contributed by atoms with Gasteiger partial charge in [0.15, 0.2) is 4.80 Å². The van der Waals surface area contributed by atoms with E-state index >= 15 is 0 Å². The summed E-state index contributed by atoms with van der Waals surface area (Å²) in [5.41, 5.74) is -0.0272. The van der Waals surface area contributed by atoms with Gasteiger partial charge in [-0.3, -0.25) is 14.2 Å². The number of rotatable bonds is 6. The van der Waals surface area contributed by atoms with Crippen LogP contribution in [-0.4, -0.2) is 30.0 Å². The number of carbonyl (C=O) groups excluding carboxylic acids is 1. The smallest absolute Gasteiger partial charge is 0.317 e. The first-order valence-electron chi connectivity index (χ1n) is 10.2. The minimum absolute atomic E-state index is 0.210. The van der Waals surface area contributed by atoms with Gasteiger partial charge in [-0.25, -0.2) is 4.99 Å². The van der Waals surface area contributed by atoms with Crippen LogP contribution in [0.2, 0.25) is 0 Å². The van der Waals surface area contributed by atoms with Crippen molar-refractivity contribution < 1.29 is 19.0 Å². The maximum Gasteiger partial charge on any atom is 0.317 e. The second-order valence-corrected chi connectivity index (χ2v) is 8.52. The Morgan fingerprint density at radius 2 is 2.03 bits per heavy atom. The van der Waals surface area contributed by atoms with Gasteiger partial charge >= 0.3 is 5.97 Å². The molecule has 166 valence electrons. The number of carbonyl (C=O) groups is 1. The fraction of sp³-hybridized carbons (Fsp3) is 0.292. The molecule has 3 unspecified atom stereocenters. The minimum Gasteiger partial charge on any atom is -0.497 e. The third-order valence-corrected chi connectivity index (χ3v) is 6.59. The molecule has 0 saturated heterocycles. The summed E-state index contributed by atoms with van der Waals surface area (Å²) >= 11 is 1.25. The number of ether oxygens (including phenoxy) is 3. The molecule has 7 nitrogen and oxygen atoms in total. The molecular weight excluding hydrogens is 428 g/mol. The summed E-state index contributed by atoms with van der Waals surface area (Å²) in [6, 6.07) is 6.73. The van der Waals surface area contributed by atoms with Crippen molar-refractivity contribution in [1.29, 1.82) is 0 Å². The van der Waals surface area contributed by atoms with Crippen LogP contribution in [-0.2, 0) is 14.3 Å². The average Bonchev–Trinajstić information content (AvgIpc) is 3.07. The van der Waals surface area contributed by atoms with Gasteiger partial charge in [0.2, 0.25) is 5.72 Å². The number of aromatic nitrogens is 1. The van der Waals surface area contributed by atoms with E-state index in [0.717, 1.165) is 11.3 Å². The molecule has 32 heavy (non-hydrogen) atoms. The molecule has 0 spiro atoms. The minimum atomic E-state index is -1.23. The normalized spacial score (nSPS) is 24.2. The van der Waals surface area contributed by atoms with E-state index in [4.69, 9.17) is 19.2 Å². The number of hydrogen-bond donors (Lipinski definition) is 0. The highest BCUT2D eigenvalue weighted by atomic mass is 32.1. The number of nitrogens with zero attached hydrogens (tertiary/aromatic N) is 2. The fourth-order valence-electron chi connectivity index (χ4n) is 4.16. The monoisotopic (exact) mass is 452 g/mol. The Hall–Kier alpha value is -3.39. The zero-order valence-corrected chi connectivity index (χ0v) is 19.0. The molecule has 0 aliphatic carbocycles. The molecule has 2 bridgehead atoms. The zero-order chi connectivity index (χ0) is 23.0. The summed E-state index contributed by atoms with van der Waals surface area (Å²) < 4.78 is 18.7. The number of fused-ring (bicyclic) bond motifs is 4. The molecule has 0 radical (unpaired) electrons. The maximum absolute atomic E-state index is 13.5. The standard InChI is InChI=1S/C24H24N2O5S/c1-6-16-17(7-2)31-24(4)19(22(28)30-8-3)20(16)26-21(27)18(32-23(26)25-24)13-14-9-11-15(29-5)12-10-14/h6-7,9-13,19-20H,1-2,8H2,3-5H3/b18-13+. The van der Waals surface area contributed by atoms with Crippen LogP contribution >= 0.6 is 11.3 Å². The van der Waals surface area contributed by atoms with E-state index in [9.17, 15) is 9.59 Å². The quantitative estimate of drug-likeness (QED) is 0.629. The predicted molar refractivity (Wildman–Crippen MR) is 122 cm³/mol. The van der Waals surface area contributed by atoms with Gasteiger partial charge in [-0.1, -0.05) is 42.7 Å². The second kappa shape index (κ2) is 8.27. The Balaban J connectivity index is 1.96. The third kappa shape index (κ3) is 3.40. The molecule has 0 saturated carbocycles. The second-order valence-electron chi connectivity index (χ2n) is 7.51. The third-order valence-electron chi connectivity index (χ3n) is 5.60. The van der Waals surface area contributed by atoms with Crippen molar-refractivity contribution >= 4 is 23.4 Å². The van der Waals surface area contributed by atoms with E-state index in [-0.39, 0.29) is 12.2 Å². The van der Waals surface area contributed by atoms with Gasteiger partial charge in [-0.2, -0.15) is 0 Å². The Labute approximate surface area is 189 Å². The SMILES string of the molecule is C=CC1=C(C=C)C2C(C(=O)OCC)C(C)(N=c3s/c(=C/c4ccc(OC)cc4)c(=O)n32)O1. The lowest BCUT2D eigenvalue weighted by Gasteiger charge is -2.45. The number of methoxy groups -OCH3 is 1. The van der Waals surface area contributed by atoms with Crippen LogP contribution in [0.15, 0.2) is 70.7 Å². The molecule has 8 heteroatoms. The van der Waals surface area contributed by atoms with Crippen molar-refractivity contribution in [2.45, 2.75) is 25.6 Å². The number of thiazole rings is 1. The lowest BCUT2D eigenvalue weighted by molar-refractivity contribution is -0.165. The van der Waals surface area contributed by atoms with Crippen molar-refractivity contribution in [2.75, 3.05) is 13.7 Å². The molecule has 3 atom stereocenters. The molecule has 0 fully saturated rings. The van der Waals surface area contributed by atoms with Gasteiger partial charge in [0.05, 0.1) is 24.3 Å². The van der Waals surface area contributed by atoms with Gasteiger partial charge in [-0.15, -0.1) is 0 Å². The summed E-state index contributed by atoms with van der Waals surface area (Å²) in [5, 5.41) is 0. The van der Waals surface area contributed by atoms with Gasteiger partial charge in [-0.05, 0) is 43.7 Å². The van der Waals surface area contributed by atoms with Crippen LogP contribution in [0.1, 0.15) is 25.5 Å². The maximum atomic E-state index is 13.5. The van der Waals surface area contributed by atoms with Crippen LogP contribution in [0, 0.1) is 5.92 Å². The number of benzene rings is 1. The molecule has 1 aromatic heterocycles. The highest BCUT2D eigenvalue weighted by molar-refractivity contribution is 7.07. The van der Waals surface area contributed by atoms with Crippen LogP contribution in [0.25, 0.3) is 6.08 Å². The molecule has 1 aromatic carbocycles. The lowest BCUT2D eigenvalue weighted by Crippen LogP contribution is -2.57. The summed E-state index contributed by atoms with van der Waals surface area (Å²) in [4.78, 5) is 31.7. The van der Waals surface area contributed by atoms with E-state index in [1.165, 1.54) is 11.3 Å². The van der Waals surface area contributed by atoms with Crippen LogP contribution in [0.5, 0.6) is 5.75 Å². The molecular formula is C24H24N2O5S. The number of hydrogen-bond acceptors (Lipinski definition) is 7. The van der Waals surface area contributed by atoms with Crippen molar-refractivity contribution in [3.63, 3.8) is 0 Å². The molecule has 4 rings (SSSR count). The summed E-state index contributed by atoms with van der Waals surface area (Å²) in [7, 11) is 1.60. The Kier molecular flexibility index (Phi) is 5.64. The van der Waals surface area contributed by atoms with Crippen molar-refractivity contribution in [2.24, 2.45) is 10.9 Å². The molecule has 3 heterocycles. The highest BCUT2D eigenvalue weighted by Crippen LogP contribution is 2.46. The number of esters is 1. The predicted octanol–water partition coefficient (Wildman–Crippen LogP) is 2.47. The van der Waals surface area contributed by atoms with Crippen molar-refractivity contribution in [1.82, 2.24) is 4.57 Å². The van der Waals surface area contributed by atoms with Crippen LogP contribution < -0.4 is 19.6 Å². The molecule has 0 N–H and O–H groups in total. The summed E-state index contributed by atoms with van der Waals surface area (Å²) in [6.07, 6.45) is 4.94. The van der Waals surface area contributed by atoms with Crippen molar-refractivity contribution in [3.8, 4) is 5.75 Å². The Morgan fingerprint density at radius 3 is 2.62 bits per heavy atom. The summed E-state index contributed by atoms with van der Waals surface area (Å²) in [5.74, 6) is -0.141. The Morgan fingerprint density at radius 1 is 1.31 bits per heavy atom. The van der Waals surface area contributed by atoms with E-state index in [2.05, 4.69) is 13.2 Å². The molecule has 0 amide bonds. The van der Waals surface area contributed by atoms with Gasteiger partial charge < -0.3 is 14.2 Å². The first-order chi connectivity index (χ1) is 15.4. The van der Waals surface area contributed by atoms with E-state index in [0.29, 0.717) is 20.7 Å². The molecule has 2 aromatic rings. The summed E-state index contributed by atoms with van der Waals surface area (Å²) in [6.45, 7) is 11.4. The molecule has 2 aliphatic heterocycles. The number of allylic oxidation sites excluding steroid dienone is 3. The van der Waals surface area contributed by atoms with Gasteiger partial charge in [0.1, 0.15) is 17.4 Å². The topological polar surface area (TPSA) is 79.1 Å². The van der Waals surface area contributed by atoms with Crippen LogP contribution in [0.3, 0.4) is 0 Å². The first kappa shape index (κ1) is 21.8. The zero-order valence-electron chi connectivity index (χ0n) is 18.2. The van der Waals surface area contributed by atoms with E-state index in [1.54, 1.807) is 43.8 Å².